The maximum Gasteiger partial charge on any atom is 0.352 e. The molecule has 3 heterocycles. The fourth-order valence-corrected chi connectivity index (χ4v) is 7.78. The summed E-state index contributed by atoms with van der Waals surface area (Å²) in [5.74, 6) is -1.27. The Hall–Kier alpha value is -2.42. The zero-order valence-electron chi connectivity index (χ0n) is 21.7. The average Bonchev–Trinajstić information content (AvgIpc) is 2.95. The number of halogens is 2. The largest absolute Gasteiger partial charge is 0.477 e. The van der Waals surface area contributed by atoms with Crippen LogP contribution in [0.2, 0.25) is 10.0 Å². The van der Waals surface area contributed by atoms with E-state index in [1.165, 1.54) is 40.2 Å². The molecule has 0 unspecified atom stereocenters. The monoisotopic (exact) mass is 656 g/mol. The van der Waals surface area contributed by atoms with Crippen LogP contribution in [0, 0.1) is 0 Å². The number of carbonyl (C=O) groups excluding carboxylic acids is 3. The van der Waals surface area contributed by atoms with Crippen LogP contribution in [-0.4, -0.2) is 75.5 Å². The van der Waals surface area contributed by atoms with Gasteiger partial charge < -0.3 is 21.5 Å². The lowest BCUT2D eigenvalue weighted by Gasteiger charge is -2.49. The number of nitrogens with zero attached hydrogens (tertiary/aromatic N) is 2. The van der Waals surface area contributed by atoms with Crippen LogP contribution in [0.1, 0.15) is 6.42 Å². The van der Waals surface area contributed by atoms with E-state index in [1.54, 1.807) is 35.2 Å². The standard InChI is InChI=1S/C26H27Cl2N5O5S3/c27-16-2-3-18(28)19(10-16)40-14-21(35)31-22-24(36)33-23(26(37)38)15(13-41-25(22)33)12-39-17-4-8-32(9-5-17)11-20(34)30-7-1-6-29/h2-5,8-10,22,25H,1,6-7,11-14,29H2,(H2-,30,31,34,35,37,38)/p+1/t22-,25+/m0/s1. The Bertz CT molecular complexity index is 1360. The molecular formula is C26H28Cl2N5O5S3+. The fraction of sp³-hybridized carbons (Fsp3) is 0.346. The van der Waals surface area contributed by atoms with Crippen molar-refractivity contribution in [2.24, 2.45) is 5.73 Å². The topological polar surface area (TPSA) is 146 Å². The summed E-state index contributed by atoms with van der Waals surface area (Å²) < 4.78 is 1.75. The van der Waals surface area contributed by atoms with Crippen LogP contribution in [0.4, 0.5) is 0 Å². The number of hydrogen-bond acceptors (Lipinski definition) is 8. The summed E-state index contributed by atoms with van der Waals surface area (Å²) in [5, 5.41) is 16.0. The lowest BCUT2D eigenvalue weighted by molar-refractivity contribution is -0.684. The van der Waals surface area contributed by atoms with E-state index in [2.05, 4.69) is 10.6 Å². The van der Waals surface area contributed by atoms with Gasteiger partial charge in [-0.2, -0.15) is 4.57 Å². The number of fused-ring (bicyclic) bond motifs is 1. The third kappa shape index (κ3) is 8.11. The molecule has 2 atom stereocenters. The Morgan fingerprint density at radius 1 is 1.15 bits per heavy atom. The number of pyridine rings is 1. The molecule has 2 aliphatic rings. The highest BCUT2D eigenvalue weighted by molar-refractivity contribution is 8.01. The molecule has 1 aromatic heterocycles. The first kappa shape index (κ1) is 31.5. The molecule has 5 N–H and O–H groups in total. The summed E-state index contributed by atoms with van der Waals surface area (Å²) >= 11 is 16.2. The smallest absolute Gasteiger partial charge is 0.352 e. The lowest BCUT2D eigenvalue weighted by atomic mass is 10.0. The molecule has 10 nitrogen and oxygen atoms in total. The lowest BCUT2D eigenvalue weighted by Crippen LogP contribution is -2.70. The molecule has 1 fully saturated rings. The number of carboxylic acid groups (broad SMARTS) is 1. The van der Waals surface area contributed by atoms with Crippen molar-refractivity contribution in [2.75, 3.05) is 30.3 Å². The first-order valence-electron chi connectivity index (χ1n) is 12.5. The highest BCUT2D eigenvalue weighted by Gasteiger charge is 2.54. The molecule has 0 spiro atoms. The van der Waals surface area contributed by atoms with Gasteiger partial charge in [0.2, 0.25) is 12.5 Å². The van der Waals surface area contributed by atoms with Crippen molar-refractivity contribution < 1.29 is 28.9 Å². The van der Waals surface area contributed by atoms with Gasteiger partial charge in [0.15, 0.2) is 12.4 Å². The van der Waals surface area contributed by atoms with Gasteiger partial charge in [0.25, 0.3) is 11.8 Å². The zero-order chi connectivity index (χ0) is 29.5. The second kappa shape index (κ2) is 14.7. The predicted molar refractivity (Wildman–Crippen MR) is 161 cm³/mol. The summed E-state index contributed by atoms with van der Waals surface area (Å²) in [4.78, 5) is 52.5. The Kier molecular flexibility index (Phi) is 11.3. The molecule has 2 aliphatic heterocycles. The number of nitrogens with two attached hydrogens (primary N) is 1. The minimum Gasteiger partial charge on any atom is -0.477 e. The number of nitrogens with one attached hydrogen (secondary N) is 2. The van der Waals surface area contributed by atoms with E-state index >= 15 is 0 Å². The summed E-state index contributed by atoms with van der Waals surface area (Å²) in [6.45, 7) is 1.24. The van der Waals surface area contributed by atoms with E-state index in [0.717, 1.165) is 11.3 Å². The zero-order valence-corrected chi connectivity index (χ0v) is 25.6. The number of β-lactam (4-membered cyclic amide) rings is 1. The number of thioether (sulfide) groups is 3. The van der Waals surface area contributed by atoms with Gasteiger partial charge in [-0.25, -0.2) is 4.79 Å². The number of benzene rings is 1. The molecular weight excluding hydrogens is 629 g/mol. The Morgan fingerprint density at radius 3 is 2.61 bits per heavy atom. The first-order chi connectivity index (χ1) is 19.7. The SMILES string of the molecule is NCCCNC(=O)C[n+]1ccc(SCC2=C(C(=O)O)N3C(=O)[C@H](NC(=O)CSc4cc(Cl)ccc4Cl)[C@H]3SC2)cc1. The highest BCUT2D eigenvalue weighted by Crippen LogP contribution is 2.41. The van der Waals surface area contributed by atoms with Crippen molar-refractivity contribution in [3.63, 3.8) is 0 Å². The van der Waals surface area contributed by atoms with E-state index in [-0.39, 0.29) is 29.8 Å². The van der Waals surface area contributed by atoms with Crippen molar-refractivity contribution in [2.45, 2.75) is 34.2 Å². The van der Waals surface area contributed by atoms with Crippen LogP contribution in [0.5, 0.6) is 0 Å². The number of aliphatic carboxylic acids is 1. The van der Waals surface area contributed by atoms with Gasteiger partial charge in [0.05, 0.1) is 10.8 Å². The average molecular weight is 658 g/mol. The number of rotatable bonds is 13. The molecule has 0 saturated carbocycles. The molecule has 0 bridgehead atoms. The molecule has 41 heavy (non-hydrogen) atoms. The van der Waals surface area contributed by atoms with Crippen LogP contribution in [-0.2, 0) is 25.7 Å². The van der Waals surface area contributed by atoms with Crippen LogP contribution in [0.15, 0.2) is 63.8 Å². The van der Waals surface area contributed by atoms with Crippen molar-refractivity contribution in [1.82, 2.24) is 15.5 Å². The van der Waals surface area contributed by atoms with Gasteiger partial charge in [-0.15, -0.1) is 35.3 Å². The summed E-state index contributed by atoms with van der Waals surface area (Å²) in [5.41, 5.74) is 6.03. The number of hydrogen-bond donors (Lipinski definition) is 4. The van der Waals surface area contributed by atoms with Crippen LogP contribution >= 0.6 is 58.5 Å². The third-order valence-electron chi connectivity index (χ3n) is 6.12. The van der Waals surface area contributed by atoms with Crippen molar-refractivity contribution in [3.8, 4) is 0 Å². The quantitative estimate of drug-likeness (QED) is 0.110. The van der Waals surface area contributed by atoms with Gasteiger partial charge >= 0.3 is 5.97 Å². The number of aromatic nitrogens is 1. The van der Waals surface area contributed by atoms with E-state index in [0.29, 0.717) is 45.1 Å². The van der Waals surface area contributed by atoms with Gasteiger partial charge in [-0.05, 0) is 36.7 Å². The van der Waals surface area contributed by atoms with Crippen molar-refractivity contribution in [1.29, 1.82) is 0 Å². The molecule has 15 heteroatoms. The maximum atomic E-state index is 13.0. The fourth-order valence-electron chi connectivity index (χ4n) is 4.11. The Balaban J connectivity index is 1.32. The number of amides is 3. The Morgan fingerprint density at radius 2 is 1.90 bits per heavy atom. The van der Waals surface area contributed by atoms with Crippen LogP contribution < -0.4 is 20.9 Å². The molecule has 0 radical (unpaired) electrons. The maximum absolute atomic E-state index is 13.0. The number of carboxylic acids is 1. The first-order valence-corrected chi connectivity index (χ1v) is 16.3. The van der Waals surface area contributed by atoms with E-state index < -0.39 is 23.3 Å². The van der Waals surface area contributed by atoms with Gasteiger partial charge in [0.1, 0.15) is 17.1 Å². The van der Waals surface area contributed by atoms with Crippen LogP contribution in [0.3, 0.4) is 0 Å². The minimum atomic E-state index is -1.18. The summed E-state index contributed by atoms with van der Waals surface area (Å²) in [7, 11) is 0. The minimum absolute atomic E-state index is 0.0286. The molecule has 1 aromatic carbocycles. The van der Waals surface area contributed by atoms with E-state index in [4.69, 9.17) is 28.9 Å². The molecule has 4 rings (SSSR count). The van der Waals surface area contributed by atoms with Crippen LogP contribution in [0.25, 0.3) is 0 Å². The molecule has 2 aromatic rings. The van der Waals surface area contributed by atoms with E-state index in [9.17, 15) is 24.3 Å². The van der Waals surface area contributed by atoms with Gasteiger partial charge in [-0.3, -0.25) is 19.3 Å². The predicted octanol–water partition coefficient (Wildman–Crippen LogP) is 2.37. The molecule has 3 amide bonds. The second-order valence-corrected chi connectivity index (χ2v) is 13.1. The van der Waals surface area contributed by atoms with Gasteiger partial charge in [-0.1, -0.05) is 23.2 Å². The van der Waals surface area contributed by atoms with Gasteiger partial charge in [0, 0.05) is 45.0 Å². The Labute approximate surface area is 259 Å². The normalized spacial score (nSPS) is 18.0. The van der Waals surface area contributed by atoms with Crippen molar-refractivity contribution in [3.05, 3.63) is 64.0 Å². The third-order valence-corrected chi connectivity index (χ3v) is 10.3. The molecule has 218 valence electrons. The number of carbonyl (C=O) groups is 4. The molecule has 1 saturated heterocycles. The summed E-state index contributed by atoms with van der Waals surface area (Å²) in [6, 6.07) is 7.87. The molecule has 0 aliphatic carbocycles. The highest BCUT2D eigenvalue weighted by atomic mass is 35.5. The second-order valence-electron chi connectivity index (χ2n) is 9.06. The van der Waals surface area contributed by atoms with E-state index in [1.807, 2.05) is 12.1 Å². The van der Waals surface area contributed by atoms with Crippen molar-refractivity contribution >= 4 is 82.2 Å². The summed E-state index contributed by atoms with van der Waals surface area (Å²) in [6.07, 6.45) is 4.29.